The number of hydrogen-bond acceptors (Lipinski definition) is 7. The molecule has 3 rings (SSSR count). The molecule has 0 saturated heterocycles. The fourth-order valence-electron chi connectivity index (χ4n) is 3.64. The lowest BCUT2D eigenvalue weighted by molar-refractivity contribution is -0.112. The number of carbonyl (C=O) groups is 3. The molecule has 0 aliphatic rings. The van der Waals surface area contributed by atoms with E-state index in [0.717, 1.165) is 11.6 Å². The highest BCUT2D eigenvalue weighted by molar-refractivity contribution is 6.31. The monoisotopic (exact) mass is 540 g/mol. The summed E-state index contributed by atoms with van der Waals surface area (Å²) < 4.78 is 16.2. The Balaban J connectivity index is 1.77. The van der Waals surface area contributed by atoms with Gasteiger partial charge in [-0.15, -0.1) is 0 Å². The maximum absolute atomic E-state index is 14.7. The van der Waals surface area contributed by atoms with Crippen molar-refractivity contribution in [2.45, 2.75) is 19.3 Å². The predicted molar refractivity (Wildman–Crippen MR) is 143 cm³/mol. The van der Waals surface area contributed by atoms with Crippen LogP contribution in [0.3, 0.4) is 0 Å². The van der Waals surface area contributed by atoms with Crippen LogP contribution in [0.25, 0.3) is 5.82 Å². The standard InChI is InChI=1S/C26H26ClFN6O4/c1-31-22-10-15(19(27)9-17(22)13-35)3-2-4-16-11-23(18(26(37)38)12-20(16)28)33-25(36)21(29)5-6-24(30)34-8-7-32-14-34/h5-14,31H,2-4,29-30H2,1H3,(H,33,36)(H,37,38)/b21-5-,24-6+. The molecule has 2 aromatic carbocycles. The number of allylic oxidation sites excluding steroid dienone is 2. The fourth-order valence-corrected chi connectivity index (χ4v) is 3.91. The third-order valence-corrected chi connectivity index (χ3v) is 6.02. The van der Waals surface area contributed by atoms with Gasteiger partial charge in [0, 0.05) is 35.7 Å². The van der Waals surface area contributed by atoms with Gasteiger partial charge < -0.3 is 27.2 Å². The van der Waals surface area contributed by atoms with Gasteiger partial charge in [0.15, 0.2) is 6.29 Å². The van der Waals surface area contributed by atoms with Gasteiger partial charge in [0.25, 0.3) is 5.91 Å². The molecule has 0 radical (unpaired) electrons. The number of nitrogens with zero attached hydrogens (tertiary/aromatic N) is 2. The number of hydrogen-bond donors (Lipinski definition) is 5. The van der Waals surface area contributed by atoms with Crippen molar-refractivity contribution in [2.24, 2.45) is 11.5 Å². The zero-order valence-electron chi connectivity index (χ0n) is 20.4. The number of aromatic carboxylic acids is 1. The first-order valence-corrected chi connectivity index (χ1v) is 11.8. The minimum absolute atomic E-state index is 0.104. The van der Waals surface area contributed by atoms with Gasteiger partial charge in [-0.3, -0.25) is 14.2 Å². The summed E-state index contributed by atoms with van der Waals surface area (Å²) in [5, 5.41) is 15.3. The van der Waals surface area contributed by atoms with E-state index in [2.05, 4.69) is 15.6 Å². The summed E-state index contributed by atoms with van der Waals surface area (Å²) in [7, 11) is 1.68. The first kappa shape index (κ1) is 27.9. The summed E-state index contributed by atoms with van der Waals surface area (Å²) >= 11 is 6.29. The van der Waals surface area contributed by atoms with Gasteiger partial charge >= 0.3 is 5.97 Å². The molecule has 0 spiro atoms. The van der Waals surface area contributed by atoms with Crippen molar-refractivity contribution in [3.8, 4) is 0 Å². The number of nitrogens with one attached hydrogen (secondary N) is 2. The molecule has 1 heterocycles. The molecule has 0 fully saturated rings. The highest BCUT2D eigenvalue weighted by Gasteiger charge is 2.18. The Kier molecular flexibility index (Phi) is 9.23. The van der Waals surface area contributed by atoms with Crippen molar-refractivity contribution in [3.05, 3.63) is 93.9 Å². The summed E-state index contributed by atoms with van der Waals surface area (Å²) in [6, 6.07) is 5.44. The Morgan fingerprint density at radius 1 is 1.13 bits per heavy atom. The van der Waals surface area contributed by atoms with Crippen molar-refractivity contribution >= 4 is 47.0 Å². The predicted octanol–water partition coefficient (Wildman–Crippen LogP) is 3.64. The van der Waals surface area contributed by atoms with E-state index in [1.807, 2.05) is 0 Å². The van der Waals surface area contributed by atoms with E-state index in [9.17, 15) is 23.9 Å². The molecule has 0 atom stereocenters. The topological polar surface area (TPSA) is 165 Å². The van der Waals surface area contributed by atoms with Crippen LogP contribution < -0.4 is 22.1 Å². The third-order valence-electron chi connectivity index (χ3n) is 5.67. The van der Waals surface area contributed by atoms with Crippen molar-refractivity contribution in [1.82, 2.24) is 9.55 Å². The molecule has 12 heteroatoms. The van der Waals surface area contributed by atoms with E-state index < -0.39 is 23.3 Å². The van der Waals surface area contributed by atoms with Gasteiger partial charge in [0.05, 0.1) is 16.9 Å². The number of carbonyl (C=O) groups excluding carboxylic acids is 2. The average Bonchev–Trinajstić information content (AvgIpc) is 3.44. The minimum atomic E-state index is -1.42. The maximum Gasteiger partial charge on any atom is 0.337 e. The SMILES string of the molecule is CNc1cc(CCCc2cc(NC(=O)/C(N)=C/C=C(\N)n3ccnc3)c(C(=O)O)cc2F)c(Cl)cc1C=O. The molecular formula is C26H26ClFN6O4. The number of benzene rings is 2. The fraction of sp³-hybridized carbons (Fsp3) is 0.154. The second kappa shape index (κ2) is 12.5. The quantitative estimate of drug-likeness (QED) is 0.140. The molecule has 1 aromatic heterocycles. The zero-order valence-corrected chi connectivity index (χ0v) is 21.1. The van der Waals surface area contributed by atoms with Gasteiger partial charge in [0.2, 0.25) is 0 Å². The van der Waals surface area contributed by atoms with Crippen LogP contribution in [0.2, 0.25) is 5.02 Å². The van der Waals surface area contributed by atoms with Gasteiger partial charge in [-0.1, -0.05) is 11.6 Å². The molecule has 198 valence electrons. The lowest BCUT2D eigenvalue weighted by atomic mass is 9.99. The summed E-state index contributed by atoms with van der Waals surface area (Å²) in [6.07, 6.45) is 9.08. The number of anilines is 2. The molecule has 3 aromatic rings. The number of aryl methyl sites for hydroxylation is 2. The van der Waals surface area contributed by atoms with Crippen LogP contribution in [0.5, 0.6) is 0 Å². The van der Waals surface area contributed by atoms with Crippen molar-refractivity contribution in [3.63, 3.8) is 0 Å². The van der Waals surface area contributed by atoms with Crippen LogP contribution in [-0.2, 0) is 17.6 Å². The van der Waals surface area contributed by atoms with E-state index in [1.54, 1.807) is 25.4 Å². The Labute approximate surface area is 222 Å². The van der Waals surface area contributed by atoms with Gasteiger partial charge in [-0.2, -0.15) is 0 Å². The number of amides is 1. The average molecular weight is 541 g/mol. The lowest BCUT2D eigenvalue weighted by Crippen LogP contribution is -2.22. The normalized spacial score (nSPS) is 11.8. The number of carboxylic acids is 1. The Morgan fingerprint density at radius 3 is 2.47 bits per heavy atom. The lowest BCUT2D eigenvalue weighted by Gasteiger charge is -2.13. The Morgan fingerprint density at radius 2 is 1.84 bits per heavy atom. The second-order valence-electron chi connectivity index (χ2n) is 8.18. The van der Waals surface area contributed by atoms with Gasteiger partial charge in [-0.25, -0.2) is 14.2 Å². The number of nitrogens with two attached hydrogens (primary N) is 2. The number of carboxylic acid groups (broad SMARTS) is 1. The smallest absolute Gasteiger partial charge is 0.337 e. The minimum Gasteiger partial charge on any atom is -0.478 e. The molecule has 0 aliphatic heterocycles. The summed E-state index contributed by atoms with van der Waals surface area (Å²) in [4.78, 5) is 39.3. The summed E-state index contributed by atoms with van der Waals surface area (Å²) in [5.41, 5.74) is 12.9. The first-order valence-electron chi connectivity index (χ1n) is 11.4. The van der Waals surface area contributed by atoms with Crippen LogP contribution in [0.1, 0.15) is 38.3 Å². The first-order chi connectivity index (χ1) is 18.1. The van der Waals surface area contributed by atoms with Gasteiger partial charge in [0.1, 0.15) is 18.0 Å². The van der Waals surface area contributed by atoms with Crippen molar-refractivity contribution in [1.29, 1.82) is 0 Å². The molecule has 38 heavy (non-hydrogen) atoms. The van der Waals surface area contributed by atoms with Crippen LogP contribution >= 0.6 is 11.6 Å². The third kappa shape index (κ3) is 6.77. The highest BCUT2D eigenvalue weighted by atomic mass is 35.5. The van der Waals surface area contributed by atoms with Crippen LogP contribution in [0.15, 0.2) is 60.8 Å². The summed E-state index contributed by atoms with van der Waals surface area (Å²) in [6.45, 7) is 0. The molecular weight excluding hydrogens is 515 g/mol. The van der Waals surface area contributed by atoms with E-state index in [4.69, 9.17) is 23.1 Å². The zero-order chi connectivity index (χ0) is 27.8. The maximum atomic E-state index is 14.7. The number of rotatable bonds is 11. The molecule has 0 saturated carbocycles. The van der Waals surface area contributed by atoms with E-state index in [1.165, 1.54) is 35.3 Å². The number of aldehydes is 1. The number of imidazole rings is 1. The number of aromatic nitrogens is 2. The van der Waals surface area contributed by atoms with E-state index in [0.29, 0.717) is 35.4 Å². The van der Waals surface area contributed by atoms with Crippen LogP contribution in [0.4, 0.5) is 15.8 Å². The molecule has 0 bridgehead atoms. The van der Waals surface area contributed by atoms with Crippen molar-refractivity contribution in [2.75, 3.05) is 17.7 Å². The highest BCUT2D eigenvalue weighted by Crippen LogP contribution is 2.27. The molecule has 0 aliphatic carbocycles. The Bertz CT molecular complexity index is 1420. The number of halogens is 2. The Hall–Kier alpha value is -4.64. The van der Waals surface area contributed by atoms with Gasteiger partial charge in [-0.05, 0) is 66.8 Å². The molecule has 1 amide bonds. The van der Waals surface area contributed by atoms with Crippen LogP contribution in [-0.4, -0.2) is 39.9 Å². The van der Waals surface area contributed by atoms with E-state index in [-0.39, 0.29) is 29.2 Å². The van der Waals surface area contributed by atoms with Crippen molar-refractivity contribution < 1.29 is 23.9 Å². The molecule has 10 nitrogen and oxygen atoms in total. The van der Waals surface area contributed by atoms with Crippen LogP contribution in [0, 0.1) is 5.82 Å². The molecule has 7 N–H and O–H groups in total. The summed E-state index contributed by atoms with van der Waals surface area (Å²) in [5.74, 6) is -2.69. The largest absolute Gasteiger partial charge is 0.478 e. The van der Waals surface area contributed by atoms with E-state index >= 15 is 0 Å². The molecule has 0 unspecified atom stereocenters. The second-order valence-corrected chi connectivity index (χ2v) is 8.59.